The fraction of sp³-hybridized carbons (Fsp3) is 0.600. The molecule has 3 atom stereocenters. The molecular weight excluding hydrogens is 318 g/mol. The molecule has 1 aromatic rings. The van der Waals surface area contributed by atoms with Crippen LogP contribution in [0.4, 0.5) is 0 Å². The number of sulfonamides is 1. The minimum absolute atomic E-state index is 0.0803. The van der Waals surface area contributed by atoms with E-state index in [0.29, 0.717) is 19.7 Å². The Morgan fingerprint density at radius 2 is 2.26 bits per heavy atom. The van der Waals surface area contributed by atoms with Crippen molar-refractivity contribution in [2.24, 2.45) is 11.8 Å². The number of rotatable bonds is 4. The van der Waals surface area contributed by atoms with E-state index in [4.69, 9.17) is 4.74 Å². The molecule has 3 rings (SSSR count). The van der Waals surface area contributed by atoms with Gasteiger partial charge in [-0.15, -0.1) is 0 Å². The molecule has 0 unspecified atom stereocenters. The number of nitrogens with one attached hydrogen (secondary N) is 1. The standard InChI is InChI=1S/C15H21N3O4S/c1-23(20,21)18-9-13(12-5-7-22-14(12)10-18)15(19)17-8-11-4-2-3-6-16-11/h2-4,6,12-14H,5,7-10H2,1H3,(H,17,19)/t12-,13+,14+/m1/s1. The SMILES string of the molecule is CS(=O)(=O)N1C[C@@H]2OCC[C@@H]2[C@@H](C(=O)NCc2ccccn2)C1. The summed E-state index contributed by atoms with van der Waals surface area (Å²) in [5.74, 6) is -0.434. The Morgan fingerprint density at radius 3 is 2.96 bits per heavy atom. The highest BCUT2D eigenvalue weighted by Gasteiger charge is 2.45. The second-order valence-corrected chi connectivity index (χ2v) is 8.07. The number of hydrogen-bond donors (Lipinski definition) is 1. The number of pyridine rings is 1. The molecule has 0 aliphatic carbocycles. The molecule has 1 aromatic heterocycles. The van der Waals surface area contributed by atoms with Crippen molar-refractivity contribution in [3.8, 4) is 0 Å². The van der Waals surface area contributed by atoms with Crippen molar-refractivity contribution in [1.82, 2.24) is 14.6 Å². The van der Waals surface area contributed by atoms with Gasteiger partial charge in [-0.25, -0.2) is 8.42 Å². The van der Waals surface area contributed by atoms with E-state index in [-0.39, 0.29) is 30.4 Å². The molecule has 3 heterocycles. The maximum absolute atomic E-state index is 12.6. The van der Waals surface area contributed by atoms with Crippen LogP contribution in [0.3, 0.4) is 0 Å². The van der Waals surface area contributed by atoms with Crippen LogP contribution in [0, 0.1) is 11.8 Å². The molecule has 1 amide bonds. The number of carbonyl (C=O) groups excluding carboxylic acids is 1. The van der Waals surface area contributed by atoms with Gasteiger partial charge in [0, 0.05) is 31.8 Å². The fourth-order valence-corrected chi connectivity index (χ4v) is 4.15. The van der Waals surface area contributed by atoms with Gasteiger partial charge in [0.05, 0.1) is 30.5 Å². The van der Waals surface area contributed by atoms with E-state index in [1.54, 1.807) is 6.20 Å². The minimum atomic E-state index is -3.34. The second-order valence-electron chi connectivity index (χ2n) is 6.09. The van der Waals surface area contributed by atoms with Crippen LogP contribution in [0.2, 0.25) is 0 Å². The van der Waals surface area contributed by atoms with Crippen LogP contribution in [0.1, 0.15) is 12.1 Å². The largest absolute Gasteiger partial charge is 0.377 e. The quantitative estimate of drug-likeness (QED) is 0.834. The zero-order chi connectivity index (χ0) is 16.4. The number of hydrogen-bond acceptors (Lipinski definition) is 5. The molecule has 8 heteroatoms. The van der Waals surface area contributed by atoms with Crippen molar-refractivity contribution < 1.29 is 17.9 Å². The van der Waals surface area contributed by atoms with Crippen molar-refractivity contribution in [2.75, 3.05) is 26.0 Å². The molecule has 0 aromatic carbocycles. The van der Waals surface area contributed by atoms with E-state index in [1.165, 1.54) is 10.6 Å². The Labute approximate surface area is 136 Å². The van der Waals surface area contributed by atoms with Gasteiger partial charge in [-0.2, -0.15) is 4.31 Å². The van der Waals surface area contributed by atoms with E-state index in [2.05, 4.69) is 10.3 Å². The average Bonchev–Trinajstić information content (AvgIpc) is 3.00. The molecule has 2 aliphatic heterocycles. The third-order valence-corrected chi connectivity index (χ3v) is 5.77. The average molecular weight is 339 g/mol. The van der Waals surface area contributed by atoms with Crippen molar-refractivity contribution >= 4 is 15.9 Å². The number of nitrogens with zero attached hydrogens (tertiary/aromatic N) is 2. The van der Waals surface area contributed by atoms with Gasteiger partial charge in [0.2, 0.25) is 15.9 Å². The molecule has 2 fully saturated rings. The first-order valence-electron chi connectivity index (χ1n) is 7.69. The zero-order valence-electron chi connectivity index (χ0n) is 13.0. The van der Waals surface area contributed by atoms with Crippen molar-refractivity contribution in [3.63, 3.8) is 0 Å². The van der Waals surface area contributed by atoms with Crippen LogP contribution in [-0.4, -0.2) is 55.7 Å². The lowest BCUT2D eigenvalue weighted by molar-refractivity contribution is -0.129. The van der Waals surface area contributed by atoms with Crippen LogP contribution >= 0.6 is 0 Å². The minimum Gasteiger partial charge on any atom is -0.377 e. The van der Waals surface area contributed by atoms with Gasteiger partial charge in [-0.05, 0) is 18.6 Å². The summed E-state index contributed by atoms with van der Waals surface area (Å²) in [5, 5.41) is 2.87. The molecule has 2 saturated heterocycles. The van der Waals surface area contributed by atoms with Gasteiger partial charge in [0.1, 0.15) is 0 Å². The molecule has 0 bridgehead atoms. The van der Waals surface area contributed by atoms with E-state index in [0.717, 1.165) is 12.1 Å². The number of ether oxygens (including phenoxy) is 1. The zero-order valence-corrected chi connectivity index (χ0v) is 13.8. The van der Waals surface area contributed by atoms with Gasteiger partial charge < -0.3 is 10.1 Å². The van der Waals surface area contributed by atoms with Crippen LogP contribution in [-0.2, 0) is 26.1 Å². The molecule has 1 N–H and O–H groups in total. The fourth-order valence-electron chi connectivity index (χ4n) is 3.30. The molecular formula is C15H21N3O4S. The summed E-state index contributed by atoms with van der Waals surface area (Å²) in [7, 11) is -3.34. The molecule has 7 nitrogen and oxygen atoms in total. The van der Waals surface area contributed by atoms with Crippen molar-refractivity contribution in [2.45, 2.75) is 19.1 Å². The Kier molecular flexibility index (Phi) is 4.65. The lowest BCUT2D eigenvalue weighted by Crippen LogP contribution is -2.54. The predicted molar refractivity (Wildman–Crippen MR) is 83.8 cm³/mol. The number of amides is 1. The van der Waals surface area contributed by atoms with Gasteiger partial charge in [-0.1, -0.05) is 6.07 Å². The summed E-state index contributed by atoms with van der Waals surface area (Å²) in [4.78, 5) is 16.7. The molecule has 2 aliphatic rings. The van der Waals surface area contributed by atoms with Gasteiger partial charge in [0.15, 0.2) is 0 Å². The first kappa shape index (κ1) is 16.4. The maximum atomic E-state index is 12.6. The van der Waals surface area contributed by atoms with Crippen LogP contribution in [0.15, 0.2) is 24.4 Å². The Hall–Kier alpha value is -1.51. The molecule has 0 spiro atoms. The Balaban J connectivity index is 1.69. The van der Waals surface area contributed by atoms with E-state index in [1.807, 2.05) is 18.2 Å². The monoisotopic (exact) mass is 339 g/mol. The van der Waals surface area contributed by atoms with Gasteiger partial charge in [0.25, 0.3) is 0 Å². The number of piperidine rings is 1. The second kappa shape index (κ2) is 6.54. The summed E-state index contributed by atoms with van der Waals surface area (Å²) in [5.41, 5.74) is 0.774. The lowest BCUT2D eigenvalue weighted by atomic mass is 9.83. The van der Waals surface area contributed by atoms with Crippen LogP contribution < -0.4 is 5.32 Å². The first-order chi connectivity index (χ1) is 10.9. The first-order valence-corrected chi connectivity index (χ1v) is 9.54. The van der Waals surface area contributed by atoms with E-state index >= 15 is 0 Å². The number of carbonyl (C=O) groups is 1. The Bertz CT molecular complexity index is 665. The van der Waals surface area contributed by atoms with Crippen LogP contribution in [0.25, 0.3) is 0 Å². The summed E-state index contributed by atoms with van der Waals surface area (Å²) in [6.45, 7) is 1.48. The van der Waals surface area contributed by atoms with Crippen molar-refractivity contribution in [1.29, 1.82) is 0 Å². The van der Waals surface area contributed by atoms with E-state index < -0.39 is 10.0 Å². The topological polar surface area (TPSA) is 88.6 Å². The third-order valence-electron chi connectivity index (χ3n) is 4.54. The molecule has 126 valence electrons. The normalized spacial score (nSPS) is 28.3. The summed E-state index contributed by atoms with van der Waals surface area (Å²) in [6, 6.07) is 5.52. The highest BCUT2D eigenvalue weighted by atomic mass is 32.2. The highest BCUT2D eigenvalue weighted by Crippen LogP contribution is 2.34. The van der Waals surface area contributed by atoms with Crippen LogP contribution in [0.5, 0.6) is 0 Å². The molecule has 23 heavy (non-hydrogen) atoms. The summed E-state index contributed by atoms with van der Waals surface area (Å²) >= 11 is 0. The number of fused-ring (bicyclic) bond motifs is 1. The maximum Gasteiger partial charge on any atom is 0.225 e. The molecule has 0 saturated carbocycles. The van der Waals surface area contributed by atoms with Gasteiger partial charge in [-0.3, -0.25) is 9.78 Å². The summed E-state index contributed by atoms with van der Waals surface area (Å²) < 4.78 is 30.7. The smallest absolute Gasteiger partial charge is 0.225 e. The molecule has 0 radical (unpaired) electrons. The van der Waals surface area contributed by atoms with Gasteiger partial charge >= 0.3 is 0 Å². The predicted octanol–water partition coefficient (Wildman–Crippen LogP) is -0.00570. The van der Waals surface area contributed by atoms with Crippen molar-refractivity contribution in [3.05, 3.63) is 30.1 Å². The Morgan fingerprint density at radius 1 is 1.43 bits per heavy atom. The summed E-state index contributed by atoms with van der Waals surface area (Å²) in [6.07, 6.45) is 3.45. The lowest BCUT2D eigenvalue weighted by Gasteiger charge is -2.37. The number of aromatic nitrogens is 1. The third kappa shape index (κ3) is 3.70. The highest BCUT2D eigenvalue weighted by molar-refractivity contribution is 7.88. The van der Waals surface area contributed by atoms with E-state index in [9.17, 15) is 13.2 Å².